The first-order valence-corrected chi connectivity index (χ1v) is 8.49. The maximum absolute atomic E-state index is 10.2. The summed E-state index contributed by atoms with van der Waals surface area (Å²) in [5.74, 6) is 1.19. The van der Waals surface area contributed by atoms with Gasteiger partial charge < -0.3 is 9.52 Å². The molecule has 5 nitrogen and oxygen atoms in total. The molecule has 3 rings (SSSR count). The van der Waals surface area contributed by atoms with Crippen molar-refractivity contribution in [2.45, 2.75) is 58.2 Å². The average molecular weight is 315 g/mol. The highest BCUT2D eigenvalue weighted by molar-refractivity contribution is 5.53. The highest BCUT2D eigenvalue weighted by Gasteiger charge is 2.29. The van der Waals surface area contributed by atoms with Gasteiger partial charge in [-0.2, -0.15) is 0 Å². The van der Waals surface area contributed by atoms with Gasteiger partial charge in [-0.1, -0.05) is 31.0 Å². The quantitative estimate of drug-likeness (QED) is 0.918. The second-order valence-electron chi connectivity index (χ2n) is 6.38. The lowest BCUT2D eigenvalue weighted by Crippen LogP contribution is -2.46. The van der Waals surface area contributed by atoms with Gasteiger partial charge in [-0.05, 0) is 44.9 Å². The molecule has 1 aromatic heterocycles. The molecule has 124 valence electrons. The number of aliphatic hydroxyl groups is 1. The summed E-state index contributed by atoms with van der Waals surface area (Å²) in [6, 6.07) is 8.26. The summed E-state index contributed by atoms with van der Waals surface area (Å²) >= 11 is 0. The van der Waals surface area contributed by atoms with Crippen molar-refractivity contribution in [2.24, 2.45) is 0 Å². The Morgan fingerprint density at radius 2 is 2.22 bits per heavy atom. The van der Waals surface area contributed by atoms with Crippen molar-refractivity contribution in [1.82, 2.24) is 15.1 Å². The summed E-state index contributed by atoms with van der Waals surface area (Å²) in [5.41, 5.74) is 2.12. The van der Waals surface area contributed by atoms with E-state index in [-0.39, 0.29) is 12.1 Å². The first kappa shape index (κ1) is 16.1. The predicted molar refractivity (Wildman–Crippen MR) is 88.8 cm³/mol. The topological polar surface area (TPSA) is 62.4 Å². The number of benzene rings is 1. The fraction of sp³-hybridized carbons (Fsp3) is 0.556. The number of aromatic nitrogens is 2. The van der Waals surface area contributed by atoms with E-state index in [1.807, 2.05) is 38.1 Å². The first-order valence-electron chi connectivity index (χ1n) is 8.49. The van der Waals surface area contributed by atoms with E-state index >= 15 is 0 Å². The van der Waals surface area contributed by atoms with E-state index in [0.717, 1.165) is 31.4 Å². The third-order valence-corrected chi connectivity index (χ3v) is 4.60. The Morgan fingerprint density at radius 3 is 3.00 bits per heavy atom. The molecule has 0 amide bonds. The van der Waals surface area contributed by atoms with Crippen LogP contribution in [-0.2, 0) is 6.54 Å². The van der Waals surface area contributed by atoms with Crippen molar-refractivity contribution in [1.29, 1.82) is 0 Å². The Kier molecular flexibility index (Phi) is 5.08. The summed E-state index contributed by atoms with van der Waals surface area (Å²) in [6.45, 7) is 5.66. The van der Waals surface area contributed by atoms with E-state index in [0.29, 0.717) is 18.3 Å². The SMILES string of the molecule is CCC(O)C1CCCCN1Cc1nnc(-c2cccc(C)c2)o1. The van der Waals surface area contributed by atoms with Crippen LogP contribution < -0.4 is 0 Å². The minimum atomic E-state index is -0.283. The van der Waals surface area contributed by atoms with Crippen LogP contribution in [-0.4, -0.2) is 38.9 Å². The zero-order valence-corrected chi connectivity index (χ0v) is 13.9. The van der Waals surface area contributed by atoms with Crippen molar-refractivity contribution in [3.05, 3.63) is 35.7 Å². The van der Waals surface area contributed by atoms with Gasteiger partial charge >= 0.3 is 0 Å². The molecule has 2 aromatic rings. The zero-order chi connectivity index (χ0) is 16.2. The van der Waals surface area contributed by atoms with Crippen LogP contribution in [0.3, 0.4) is 0 Å². The molecular formula is C18H25N3O2. The van der Waals surface area contributed by atoms with Crippen LogP contribution >= 0.6 is 0 Å². The number of nitrogens with zero attached hydrogens (tertiary/aromatic N) is 3. The standard InChI is InChI=1S/C18H25N3O2/c1-3-16(22)15-9-4-5-10-21(15)12-17-19-20-18(23-17)14-8-6-7-13(2)11-14/h6-8,11,15-16,22H,3-5,9-10,12H2,1-2H3. The Morgan fingerprint density at radius 1 is 1.35 bits per heavy atom. The molecule has 1 N–H and O–H groups in total. The van der Waals surface area contributed by atoms with Gasteiger partial charge in [0.1, 0.15) is 0 Å². The molecule has 0 radical (unpaired) electrons. The summed E-state index contributed by atoms with van der Waals surface area (Å²) in [4.78, 5) is 2.28. The Balaban J connectivity index is 1.73. The van der Waals surface area contributed by atoms with Crippen LogP contribution in [0.4, 0.5) is 0 Å². The van der Waals surface area contributed by atoms with Crippen LogP contribution in [0.1, 0.15) is 44.1 Å². The van der Waals surface area contributed by atoms with Crippen molar-refractivity contribution in [3.8, 4) is 11.5 Å². The summed E-state index contributed by atoms with van der Waals surface area (Å²) < 4.78 is 5.84. The van der Waals surface area contributed by atoms with Crippen molar-refractivity contribution in [3.63, 3.8) is 0 Å². The molecular weight excluding hydrogens is 290 g/mol. The molecule has 0 saturated carbocycles. The van der Waals surface area contributed by atoms with Gasteiger partial charge in [-0.3, -0.25) is 4.90 Å². The molecule has 0 bridgehead atoms. The molecule has 1 aliphatic rings. The third kappa shape index (κ3) is 3.79. The Labute approximate surface area is 137 Å². The van der Waals surface area contributed by atoms with Gasteiger partial charge in [-0.15, -0.1) is 10.2 Å². The maximum atomic E-state index is 10.2. The summed E-state index contributed by atoms with van der Waals surface area (Å²) in [6.07, 6.45) is 3.87. The normalized spacial score (nSPS) is 20.6. The van der Waals surface area contributed by atoms with E-state index in [9.17, 15) is 5.11 Å². The van der Waals surface area contributed by atoms with Crippen LogP contribution in [0.2, 0.25) is 0 Å². The van der Waals surface area contributed by atoms with Gasteiger partial charge in [0.2, 0.25) is 11.8 Å². The summed E-state index contributed by atoms with van der Waals surface area (Å²) in [5, 5.41) is 18.6. The number of piperidine rings is 1. The largest absolute Gasteiger partial charge is 0.419 e. The van der Waals surface area contributed by atoms with Crippen molar-refractivity contribution < 1.29 is 9.52 Å². The monoisotopic (exact) mass is 315 g/mol. The van der Waals surface area contributed by atoms with E-state index < -0.39 is 0 Å². The molecule has 1 fully saturated rings. The molecule has 1 saturated heterocycles. The zero-order valence-electron chi connectivity index (χ0n) is 13.9. The van der Waals surface area contributed by atoms with Crippen LogP contribution in [0.5, 0.6) is 0 Å². The van der Waals surface area contributed by atoms with Gasteiger partial charge in [0.25, 0.3) is 0 Å². The number of hydrogen-bond donors (Lipinski definition) is 1. The lowest BCUT2D eigenvalue weighted by molar-refractivity contribution is 0.0155. The number of aryl methyl sites for hydroxylation is 1. The molecule has 2 atom stereocenters. The van der Waals surface area contributed by atoms with E-state index in [4.69, 9.17) is 4.42 Å². The van der Waals surface area contributed by atoms with Gasteiger partial charge in [0.05, 0.1) is 12.6 Å². The maximum Gasteiger partial charge on any atom is 0.247 e. The van der Waals surface area contributed by atoms with Gasteiger partial charge in [0, 0.05) is 11.6 Å². The predicted octanol–water partition coefficient (Wildman–Crippen LogP) is 3.17. The number of rotatable bonds is 5. The molecule has 0 spiro atoms. The average Bonchev–Trinajstić information content (AvgIpc) is 3.03. The number of hydrogen-bond acceptors (Lipinski definition) is 5. The van der Waals surface area contributed by atoms with E-state index in [1.165, 1.54) is 12.0 Å². The Bertz CT molecular complexity index is 641. The van der Waals surface area contributed by atoms with Crippen LogP contribution in [0.25, 0.3) is 11.5 Å². The van der Waals surface area contributed by atoms with Gasteiger partial charge in [-0.25, -0.2) is 0 Å². The number of likely N-dealkylation sites (tertiary alicyclic amines) is 1. The minimum Gasteiger partial charge on any atom is -0.419 e. The fourth-order valence-electron chi connectivity index (χ4n) is 3.31. The highest BCUT2D eigenvalue weighted by atomic mass is 16.4. The highest BCUT2D eigenvalue weighted by Crippen LogP contribution is 2.24. The summed E-state index contributed by atoms with van der Waals surface area (Å²) in [7, 11) is 0. The van der Waals surface area contributed by atoms with Crippen LogP contribution in [0.15, 0.2) is 28.7 Å². The van der Waals surface area contributed by atoms with Crippen LogP contribution in [0, 0.1) is 6.92 Å². The Hall–Kier alpha value is -1.72. The molecule has 1 aliphatic heterocycles. The number of aliphatic hydroxyl groups excluding tert-OH is 1. The minimum absolute atomic E-state index is 0.197. The van der Waals surface area contributed by atoms with E-state index in [2.05, 4.69) is 15.1 Å². The fourth-order valence-corrected chi connectivity index (χ4v) is 3.31. The molecule has 1 aromatic carbocycles. The molecule has 2 unspecified atom stereocenters. The lowest BCUT2D eigenvalue weighted by Gasteiger charge is -2.37. The molecule has 5 heteroatoms. The van der Waals surface area contributed by atoms with E-state index in [1.54, 1.807) is 0 Å². The first-order chi connectivity index (χ1) is 11.2. The second-order valence-corrected chi connectivity index (χ2v) is 6.38. The molecule has 2 heterocycles. The third-order valence-electron chi connectivity index (χ3n) is 4.60. The van der Waals surface area contributed by atoms with Gasteiger partial charge in [0.15, 0.2) is 0 Å². The lowest BCUT2D eigenvalue weighted by atomic mass is 9.96. The second kappa shape index (κ2) is 7.23. The molecule has 23 heavy (non-hydrogen) atoms. The van der Waals surface area contributed by atoms with Crippen molar-refractivity contribution >= 4 is 0 Å². The van der Waals surface area contributed by atoms with Crippen molar-refractivity contribution in [2.75, 3.05) is 6.54 Å². The smallest absolute Gasteiger partial charge is 0.247 e. The molecule has 0 aliphatic carbocycles.